The molecule has 2 rings (SSSR count). The lowest BCUT2D eigenvalue weighted by Crippen LogP contribution is -2.47. The van der Waals surface area contributed by atoms with Gasteiger partial charge in [0.05, 0.1) is 11.8 Å². The number of benzene rings is 1. The minimum absolute atomic E-state index is 0.311. The molecule has 1 aromatic rings. The van der Waals surface area contributed by atoms with E-state index in [4.69, 9.17) is 16.7 Å². The second-order valence-corrected chi connectivity index (χ2v) is 5.73. The van der Waals surface area contributed by atoms with Crippen LogP contribution in [0.5, 0.6) is 0 Å². The van der Waals surface area contributed by atoms with Crippen molar-refractivity contribution >= 4 is 29.4 Å². The molecule has 1 aliphatic carbocycles. The Balaban J connectivity index is 1.94. The Bertz CT molecular complexity index is 591. The van der Waals surface area contributed by atoms with Gasteiger partial charge in [-0.25, -0.2) is 0 Å². The molecule has 0 unspecified atom stereocenters. The van der Waals surface area contributed by atoms with Crippen molar-refractivity contribution in [2.75, 3.05) is 0 Å². The summed E-state index contributed by atoms with van der Waals surface area (Å²) in [5, 5.41) is 9.58. The van der Waals surface area contributed by atoms with Crippen LogP contribution in [0.4, 0.5) is 0 Å². The predicted molar refractivity (Wildman–Crippen MR) is 80.1 cm³/mol. The number of halogens is 1. The van der Waals surface area contributed by atoms with E-state index >= 15 is 0 Å². The molecule has 2 atom stereocenters. The molecule has 118 valence electrons. The molecule has 22 heavy (non-hydrogen) atoms. The lowest BCUT2D eigenvalue weighted by Gasteiger charge is -2.27. The number of hydrogen-bond donors (Lipinski definition) is 3. The molecule has 0 bridgehead atoms. The van der Waals surface area contributed by atoms with E-state index in [1.807, 2.05) is 0 Å². The molecule has 6 nitrogen and oxygen atoms in total. The van der Waals surface area contributed by atoms with Crippen LogP contribution in [0.2, 0.25) is 5.02 Å². The van der Waals surface area contributed by atoms with Crippen LogP contribution in [0.15, 0.2) is 24.3 Å². The highest BCUT2D eigenvalue weighted by Gasteiger charge is 2.35. The Labute approximate surface area is 132 Å². The molecule has 0 heterocycles. The fraction of sp³-hybridized carbons (Fsp3) is 0.400. The normalized spacial score (nSPS) is 21.0. The average Bonchev–Trinajstić information content (AvgIpc) is 2.52. The van der Waals surface area contributed by atoms with Gasteiger partial charge in [0.25, 0.3) is 5.91 Å². The summed E-state index contributed by atoms with van der Waals surface area (Å²) in [4.78, 5) is 35.2. The number of rotatable bonds is 3. The number of hydrogen-bond acceptors (Lipinski definition) is 3. The maximum absolute atomic E-state index is 12.1. The van der Waals surface area contributed by atoms with Crippen molar-refractivity contribution in [3.05, 3.63) is 34.9 Å². The van der Waals surface area contributed by atoms with Crippen LogP contribution in [0, 0.1) is 11.8 Å². The van der Waals surface area contributed by atoms with E-state index in [2.05, 4.69) is 10.9 Å². The van der Waals surface area contributed by atoms with Crippen LogP contribution in [-0.4, -0.2) is 22.9 Å². The summed E-state index contributed by atoms with van der Waals surface area (Å²) >= 11 is 5.79. The van der Waals surface area contributed by atoms with Gasteiger partial charge in [-0.2, -0.15) is 0 Å². The van der Waals surface area contributed by atoms with Gasteiger partial charge in [0.15, 0.2) is 0 Å². The Morgan fingerprint density at radius 2 is 1.77 bits per heavy atom. The zero-order chi connectivity index (χ0) is 16.1. The summed E-state index contributed by atoms with van der Waals surface area (Å²) in [7, 11) is 0. The third kappa shape index (κ3) is 3.98. The fourth-order valence-electron chi connectivity index (χ4n) is 2.65. The van der Waals surface area contributed by atoms with Crippen LogP contribution in [0.25, 0.3) is 0 Å². The SMILES string of the molecule is O=C(NNC(=O)[C@@H]1CCCC[C@H]1C(=O)O)c1cccc(Cl)c1. The van der Waals surface area contributed by atoms with Crippen LogP contribution >= 0.6 is 11.6 Å². The summed E-state index contributed by atoms with van der Waals surface area (Å²) in [6.45, 7) is 0. The summed E-state index contributed by atoms with van der Waals surface area (Å²) in [6.07, 6.45) is 2.60. The Morgan fingerprint density at radius 1 is 1.09 bits per heavy atom. The van der Waals surface area contributed by atoms with Crippen molar-refractivity contribution in [3.63, 3.8) is 0 Å². The molecule has 0 saturated heterocycles. The molecule has 0 aromatic heterocycles. The number of nitrogens with one attached hydrogen (secondary N) is 2. The molecule has 1 aliphatic rings. The zero-order valence-corrected chi connectivity index (χ0v) is 12.6. The highest BCUT2D eigenvalue weighted by Crippen LogP contribution is 2.30. The maximum atomic E-state index is 12.1. The van der Waals surface area contributed by atoms with E-state index < -0.39 is 29.6 Å². The van der Waals surface area contributed by atoms with Gasteiger partial charge in [-0.15, -0.1) is 0 Å². The molecule has 0 radical (unpaired) electrons. The van der Waals surface area contributed by atoms with Crippen molar-refractivity contribution < 1.29 is 19.5 Å². The molecule has 3 N–H and O–H groups in total. The molecular weight excluding hydrogens is 308 g/mol. The smallest absolute Gasteiger partial charge is 0.307 e. The number of carbonyl (C=O) groups is 3. The number of amides is 2. The van der Waals surface area contributed by atoms with Gasteiger partial charge in [0.1, 0.15) is 0 Å². The van der Waals surface area contributed by atoms with Gasteiger partial charge in [0.2, 0.25) is 5.91 Å². The molecule has 1 fully saturated rings. The van der Waals surface area contributed by atoms with Gasteiger partial charge in [-0.3, -0.25) is 25.2 Å². The van der Waals surface area contributed by atoms with Gasteiger partial charge >= 0.3 is 5.97 Å². The van der Waals surface area contributed by atoms with Gasteiger partial charge in [-0.05, 0) is 31.0 Å². The molecule has 0 aliphatic heterocycles. The summed E-state index contributed by atoms with van der Waals surface area (Å²) < 4.78 is 0. The van der Waals surface area contributed by atoms with E-state index in [1.54, 1.807) is 18.2 Å². The Kier molecular flexibility index (Phi) is 5.38. The Morgan fingerprint density at radius 3 is 2.41 bits per heavy atom. The van der Waals surface area contributed by atoms with Crippen LogP contribution in [0.1, 0.15) is 36.0 Å². The molecule has 1 aromatic carbocycles. The molecular formula is C15H17ClN2O4. The standard InChI is InChI=1S/C15H17ClN2O4/c16-10-5-3-4-9(8-10)13(19)17-18-14(20)11-6-1-2-7-12(11)15(21)22/h3-5,8,11-12H,1-2,6-7H2,(H,17,19)(H,18,20)(H,21,22)/t11-,12-/m1/s1. The van der Waals surface area contributed by atoms with Crippen LogP contribution < -0.4 is 10.9 Å². The van der Waals surface area contributed by atoms with Crippen LogP contribution in [0.3, 0.4) is 0 Å². The fourth-order valence-corrected chi connectivity index (χ4v) is 2.84. The van der Waals surface area contributed by atoms with Gasteiger partial charge in [0, 0.05) is 10.6 Å². The minimum Gasteiger partial charge on any atom is -0.481 e. The number of aliphatic carboxylic acids is 1. The minimum atomic E-state index is -0.971. The van der Waals surface area contributed by atoms with Gasteiger partial charge in [-0.1, -0.05) is 30.5 Å². The van der Waals surface area contributed by atoms with E-state index in [1.165, 1.54) is 6.07 Å². The third-order valence-electron chi connectivity index (χ3n) is 3.81. The zero-order valence-electron chi connectivity index (χ0n) is 11.8. The first-order valence-corrected chi connectivity index (χ1v) is 7.45. The number of carbonyl (C=O) groups excluding carboxylic acids is 2. The predicted octanol–water partition coefficient (Wildman–Crippen LogP) is 1.99. The topological polar surface area (TPSA) is 95.5 Å². The highest BCUT2D eigenvalue weighted by molar-refractivity contribution is 6.30. The van der Waals surface area contributed by atoms with Crippen molar-refractivity contribution in [2.45, 2.75) is 25.7 Å². The number of carboxylic acids is 1. The van der Waals surface area contributed by atoms with Crippen LogP contribution in [-0.2, 0) is 9.59 Å². The number of carboxylic acid groups (broad SMARTS) is 1. The second kappa shape index (κ2) is 7.26. The van der Waals surface area contributed by atoms with E-state index in [0.717, 1.165) is 12.8 Å². The average molecular weight is 325 g/mol. The first-order valence-electron chi connectivity index (χ1n) is 7.07. The molecule has 7 heteroatoms. The molecule has 0 spiro atoms. The first kappa shape index (κ1) is 16.3. The van der Waals surface area contributed by atoms with E-state index in [0.29, 0.717) is 23.4 Å². The van der Waals surface area contributed by atoms with Crippen molar-refractivity contribution in [2.24, 2.45) is 11.8 Å². The van der Waals surface area contributed by atoms with E-state index in [-0.39, 0.29) is 0 Å². The highest BCUT2D eigenvalue weighted by atomic mass is 35.5. The van der Waals surface area contributed by atoms with Crippen molar-refractivity contribution in [3.8, 4) is 0 Å². The quantitative estimate of drug-likeness (QED) is 0.741. The van der Waals surface area contributed by atoms with E-state index in [9.17, 15) is 14.4 Å². The van der Waals surface area contributed by atoms with Crippen molar-refractivity contribution in [1.82, 2.24) is 10.9 Å². The number of hydrazine groups is 1. The van der Waals surface area contributed by atoms with Gasteiger partial charge < -0.3 is 5.11 Å². The molecule has 1 saturated carbocycles. The van der Waals surface area contributed by atoms with Crippen molar-refractivity contribution in [1.29, 1.82) is 0 Å². The lowest BCUT2D eigenvalue weighted by atomic mass is 9.79. The second-order valence-electron chi connectivity index (χ2n) is 5.29. The monoisotopic (exact) mass is 324 g/mol. The summed E-state index contributed by atoms with van der Waals surface area (Å²) in [5.74, 6) is -3.26. The summed E-state index contributed by atoms with van der Waals surface area (Å²) in [5.41, 5.74) is 4.91. The lowest BCUT2D eigenvalue weighted by molar-refractivity contribution is -0.149. The Hall–Kier alpha value is -2.08. The first-order chi connectivity index (χ1) is 10.5. The molecule has 2 amide bonds. The maximum Gasteiger partial charge on any atom is 0.307 e. The third-order valence-corrected chi connectivity index (χ3v) is 4.04. The summed E-state index contributed by atoms with van der Waals surface area (Å²) in [6, 6.07) is 6.30. The largest absolute Gasteiger partial charge is 0.481 e.